The maximum atomic E-state index is 3.82. The Morgan fingerprint density at radius 1 is 0.307 bits per heavy atom. The van der Waals surface area contributed by atoms with Gasteiger partial charge >= 0.3 is 0 Å². The van der Waals surface area contributed by atoms with E-state index in [4.69, 9.17) is 0 Å². The third-order valence-corrected chi connectivity index (χ3v) is 15.5. The minimum atomic E-state index is 1.03. The van der Waals surface area contributed by atoms with Crippen LogP contribution < -0.4 is 0 Å². The average molecular weight is 974 g/mol. The number of hydrogen-bond donors (Lipinski definition) is 1. The van der Waals surface area contributed by atoms with Crippen LogP contribution >= 0.6 is 0 Å². The van der Waals surface area contributed by atoms with E-state index in [0.717, 1.165) is 63.0 Å². The quantitative estimate of drug-likeness (QED) is 0.0826. The van der Waals surface area contributed by atoms with E-state index < -0.39 is 0 Å². The summed E-state index contributed by atoms with van der Waals surface area (Å²) >= 11 is 0. The second-order valence-corrected chi connectivity index (χ2v) is 20.7. The maximum Gasteiger partial charge on any atom is 0.0934 e. The molecule has 0 saturated heterocycles. The lowest BCUT2D eigenvalue weighted by molar-refractivity contribution is 0.599. The van der Waals surface area contributed by atoms with Crippen molar-refractivity contribution in [2.75, 3.05) is 0 Å². The van der Waals surface area contributed by atoms with Crippen LogP contribution in [0.5, 0.6) is 0 Å². The van der Waals surface area contributed by atoms with Gasteiger partial charge in [-0.05, 0) is 158 Å². The van der Waals surface area contributed by atoms with Gasteiger partial charge in [-0.15, -0.1) is 5.92 Å². The molecule has 0 amide bonds. The lowest BCUT2D eigenvalue weighted by Crippen LogP contribution is -1.96. The van der Waals surface area contributed by atoms with Gasteiger partial charge in [0.05, 0.1) is 5.69 Å². The number of benzene rings is 8. The number of H-pyrrole nitrogens is 1. The van der Waals surface area contributed by atoms with Gasteiger partial charge in [0.1, 0.15) is 0 Å². The SMILES string of the molecule is CC#Cc1cc2ccc1-c1ccc(cc1)-c1ccc(cc1)-c1ccc(cc1)-c1ccc(c(C#Cc3[nH]c(C)c(CCCCCCCC)c3CCCCCCCC)c1)-c1ccc(cc1)-c1ccc(cc1)-c1ccc-2cc1. The molecular formula is C74H71N. The number of aromatic amines is 1. The number of unbranched alkanes of at least 4 members (excludes halogenated alkanes) is 10. The number of aromatic nitrogens is 1. The van der Waals surface area contributed by atoms with Gasteiger partial charge in [0.25, 0.3) is 0 Å². The van der Waals surface area contributed by atoms with E-state index in [2.05, 4.69) is 231 Å². The molecule has 9 aromatic rings. The number of nitrogens with one attached hydrogen (secondary N) is 1. The van der Waals surface area contributed by atoms with Crippen molar-refractivity contribution in [2.45, 2.75) is 118 Å². The maximum absolute atomic E-state index is 3.82. The molecule has 0 radical (unpaired) electrons. The lowest BCUT2D eigenvalue weighted by atomic mass is 9.92. The number of rotatable bonds is 14. The fourth-order valence-corrected chi connectivity index (χ4v) is 11.1. The van der Waals surface area contributed by atoms with Crippen LogP contribution in [0.2, 0.25) is 0 Å². The van der Waals surface area contributed by atoms with Crippen LogP contribution in [0.1, 0.15) is 131 Å². The van der Waals surface area contributed by atoms with Gasteiger partial charge in [-0.3, -0.25) is 0 Å². The highest BCUT2D eigenvalue weighted by atomic mass is 14.7. The summed E-state index contributed by atoms with van der Waals surface area (Å²) in [5.74, 6) is 14.1. The molecule has 0 unspecified atom stereocenters. The van der Waals surface area contributed by atoms with Crippen molar-refractivity contribution in [3.05, 3.63) is 216 Å². The molecule has 1 aromatic heterocycles. The first kappa shape index (κ1) is 50.7. The van der Waals surface area contributed by atoms with Gasteiger partial charge < -0.3 is 4.98 Å². The fourth-order valence-electron chi connectivity index (χ4n) is 11.1. The summed E-state index contributed by atoms with van der Waals surface area (Å²) in [4.78, 5) is 3.82. The molecule has 0 fully saturated rings. The molecule has 1 heterocycles. The van der Waals surface area contributed by atoms with Crippen molar-refractivity contribution < 1.29 is 0 Å². The molecule has 0 spiro atoms. The summed E-state index contributed by atoms with van der Waals surface area (Å²) in [6.45, 7) is 8.78. The van der Waals surface area contributed by atoms with Crippen molar-refractivity contribution in [1.29, 1.82) is 0 Å². The Hall–Kier alpha value is -7.84. The molecule has 16 bridgehead atoms. The Balaban J connectivity index is 1.02. The standard InChI is InChI=1S/C74H71N/c1-5-8-10-12-14-16-19-70-53(4)75-74(73(70)20-17-15-13-11-9-6-2)50-47-69-52-67-46-49-72(69)65-43-39-61(40-44-65)57-27-23-54(24-28-57)58-29-33-62(34-30-58)66-45-48-71(68(51-66)18-7-3)64-41-37-60(38-42-64)56-25-21-55(22-26-56)59-31-35-63(67)36-32-59/h21-46,48-49,51-52,75H,5-6,8-17,19-20H2,1-4H3. The summed E-state index contributed by atoms with van der Waals surface area (Å²) in [5.41, 5.74) is 26.2. The van der Waals surface area contributed by atoms with Crippen molar-refractivity contribution >= 4 is 0 Å². The van der Waals surface area contributed by atoms with Crippen LogP contribution in [0.3, 0.4) is 0 Å². The van der Waals surface area contributed by atoms with Gasteiger partial charge in [-0.1, -0.05) is 260 Å². The van der Waals surface area contributed by atoms with Crippen molar-refractivity contribution in [2.24, 2.45) is 0 Å². The summed E-state index contributed by atoms with van der Waals surface area (Å²) in [5, 5.41) is 0. The topological polar surface area (TPSA) is 15.8 Å². The van der Waals surface area contributed by atoms with Crippen LogP contribution in [0.4, 0.5) is 0 Å². The molecule has 1 nitrogen and oxygen atoms in total. The summed E-state index contributed by atoms with van der Waals surface area (Å²) in [6, 6.07) is 67.4. The average Bonchev–Trinajstić information content (AvgIpc) is 3.77. The second-order valence-electron chi connectivity index (χ2n) is 20.7. The first-order valence-electron chi connectivity index (χ1n) is 28.0. The largest absolute Gasteiger partial charge is 0.352 e. The molecule has 75 heavy (non-hydrogen) atoms. The van der Waals surface area contributed by atoms with E-state index >= 15 is 0 Å². The Labute approximate surface area is 448 Å². The zero-order valence-corrected chi connectivity index (χ0v) is 44.7. The highest BCUT2D eigenvalue weighted by Gasteiger charge is 2.16. The van der Waals surface area contributed by atoms with Crippen molar-refractivity contribution in [1.82, 2.24) is 4.98 Å². The Morgan fingerprint density at radius 2 is 0.600 bits per heavy atom. The van der Waals surface area contributed by atoms with Gasteiger partial charge in [0.2, 0.25) is 0 Å². The molecule has 0 saturated carbocycles. The Morgan fingerprint density at radius 3 is 0.960 bits per heavy atom. The molecule has 372 valence electrons. The molecule has 1 heteroatoms. The van der Waals surface area contributed by atoms with Gasteiger partial charge in [-0.25, -0.2) is 0 Å². The van der Waals surface area contributed by atoms with E-state index in [1.165, 1.54) is 150 Å². The molecule has 22 aliphatic rings. The van der Waals surface area contributed by atoms with Crippen LogP contribution in [-0.4, -0.2) is 4.98 Å². The van der Waals surface area contributed by atoms with Crippen LogP contribution in [-0.2, 0) is 12.8 Å². The lowest BCUT2D eigenvalue weighted by Gasteiger charge is -2.12. The predicted molar refractivity (Wildman–Crippen MR) is 322 cm³/mol. The number of aryl methyl sites for hydroxylation is 1. The van der Waals surface area contributed by atoms with Gasteiger partial charge in [-0.2, -0.15) is 0 Å². The summed E-state index contributed by atoms with van der Waals surface area (Å²) in [6.07, 6.45) is 17.8. The summed E-state index contributed by atoms with van der Waals surface area (Å²) in [7, 11) is 0. The first-order chi connectivity index (χ1) is 37.0. The Kier molecular flexibility index (Phi) is 16.5. The molecule has 22 aliphatic carbocycles. The van der Waals surface area contributed by atoms with Crippen LogP contribution in [0.25, 0.3) is 89.0 Å². The molecule has 0 aliphatic heterocycles. The summed E-state index contributed by atoms with van der Waals surface area (Å²) < 4.78 is 0. The van der Waals surface area contributed by atoms with E-state index in [1.54, 1.807) is 0 Å². The molecule has 31 rings (SSSR count). The van der Waals surface area contributed by atoms with E-state index in [1.807, 2.05) is 6.92 Å². The minimum Gasteiger partial charge on any atom is -0.352 e. The third-order valence-electron chi connectivity index (χ3n) is 15.5. The molecule has 1 N–H and O–H groups in total. The predicted octanol–water partition coefficient (Wildman–Crippen LogP) is 20.5. The molecule has 0 atom stereocenters. The van der Waals surface area contributed by atoms with Crippen molar-refractivity contribution in [3.63, 3.8) is 0 Å². The normalized spacial score (nSPS) is 11.2. The monoisotopic (exact) mass is 974 g/mol. The van der Waals surface area contributed by atoms with E-state index in [-0.39, 0.29) is 0 Å². The van der Waals surface area contributed by atoms with Gasteiger partial charge in [0.15, 0.2) is 0 Å². The minimum absolute atomic E-state index is 1.03. The Bertz CT molecular complexity index is 3470. The van der Waals surface area contributed by atoms with Gasteiger partial charge in [0, 0.05) is 16.8 Å². The van der Waals surface area contributed by atoms with Crippen LogP contribution in [0, 0.1) is 30.6 Å². The second kappa shape index (κ2) is 24.5. The number of hydrogen-bond acceptors (Lipinski definition) is 0. The van der Waals surface area contributed by atoms with Crippen LogP contribution in [0.15, 0.2) is 182 Å². The molecule has 8 aromatic carbocycles. The highest BCUT2D eigenvalue weighted by Crippen LogP contribution is 2.36. The smallest absolute Gasteiger partial charge is 0.0934 e. The molecular weight excluding hydrogens is 903 g/mol. The van der Waals surface area contributed by atoms with Crippen molar-refractivity contribution in [3.8, 4) is 113 Å². The fraction of sp³-hybridized carbons (Fsp3) is 0.243. The van der Waals surface area contributed by atoms with E-state index in [0.29, 0.717) is 0 Å². The highest BCUT2D eigenvalue weighted by molar-refractivity contribution is 5.83. The zero-order valence-electron chi connectivity index (χ0n) is 44.7. The van der Waals surface area contributed by atoms with E-state index in [9.17, 15) is 0 Å². The first-order valence-corrected chi connectivity index (χ1v) is 28.0. The zero-order chi connectivity index (χ0) is 51.3. The third kappa shape index (κ3) is 12.1.